The number of amides is 1. The molecule has 2 saturated carbocycles. The van der Waals surface area contributed by atoms with Crippen molar-refractivity contribution in [3.63, 3.8) is 0 Å². The van der Waals surface area contributed by atoms with E-state index in [1.807, 2.05) is 12.1 Å². The van der Waals surface area contributed by atoms with Gasteiger partial charge in [0.2, 0.25) is 0 Å². The highest BCUT2D eigenvalue weighted by molar-refractivity contribution is 5.95. The van der Waals surface area contributed by atoms with Crippen LogP contribution in [-0.4, -0.2) is 27.9 Å². The van der Waals surface area contributed by atoms with Gasteiger partial charge in [0.1, 0.15) is 17.8 Å². The predicted molar refractivity (Wildman–Crippen MR) is 83.8 cm³/mol. The number of carboxylic acids is 1. The van der Waals surface area contributed by atoms with Crippen LogP contribution in [0.3, 0.4) is 0 Å². The fourth-order valence-electron chi connectivity index (χ4n) is 3.02. The Morgan fingerprint density at radius 1 is 1.33 bits per heavy atom. The van der Waals surface area contributed by atoms with Gasteiger partial charge in [-0.2, -0.15) is 0 Å². The van der Waals surface area contributed by atoms with Crippen LogP contribution in [-0.2, 0) is 6.54 Å². The van der Waals surface area contributed by atoms with E-state index in [0.717, 1.165) is 37.0 Å². The number of furan rings is 2. The molecule has 126 valence electrons. The van der Waals surface area contributed by atoms with E-state index in [9.17, 15) is 9.59 Å². The van der Waals surface area contributed by atoms with E-state index in [1.54, 1.807) is 4.90 Å². The third-order valence-corrected chi connectivity index (χ3v) is 4.79. The normalized spacial score (nSPS) is 22.4. The fourth-order valence-corrected chi connectivity index (χ4v) is 3.02. The van der Waals surface area contributed by atoms with Gasteiger partial charge in [-0.15, -0.1) is 0 Å². The van der Waals surface area contributed by atoms with Crippen LogP contribution >= 0.6 is 0 Å². The summed E-state index contributed by atoms with van der Waals surface area (Å²) in [6, 6.07) is 5.37. The molecule has 0 bridgehead atoms. The first kappa shape index (κ1) is 15.1. The lowest BCUT2D eigenvalue weighted by molar-refractivity contribution is 0.0680. The Morgan fingerprint density at radius 3 is 2.67 bits per heavy atom. The van der Waals surface area contributed by atoms with E-state index in [2.05, 4.69) is 6.92 Å². The molecule has 0 aliphatic heterocycles. The number of rotatable bonds is 6. The zero-order chi connectivity index (χ0) is 16.8. The van der Waals surface area contributed by atoms with Gasteiger partial charge in [-0.05, 0) is 37.3 Å². The minimum Gasteiger partial charge on any atom is -0.478 e. The van der Waals surface area contributed by atoms with Gasteiger partial charge < -0.3 is 18.8 Å². The molecule has 2 heterocycles. The van der Waals surface area contributed by atoms with E-state index < -0.39 is 5.97 Å². The molecule has 4 rings (SSSR count). The highest BCUT2D eigenvalue weighted by Gasteiger charge is 2.38. The number of aromatic carboxylic acids is 1. The fraction of sp³-hybridized carbons (Fsp3) is 0.444. The second kappa shape index (κ2) is 5.54. The Bertz CT molecular complexity index is 785. The first-order valence-corrected chi connectivity index (χ1v) is 8.24. The van der Waals surface area contributed by atoms with Crippen LogP contribution in [0.1, 0.15) is 64.5 Å². The summed E-state index contributed by atoms with van der Waals surface area (Å²) in [5.74, 6) is 1.59. The van der Waals surface area contributed by atoms with E-state index in [0.29, 0.717) is 18.4 Å². The number of hydrogen-bond acceptors (Lipinski definition) is 4. The molecule has 1 amide bonds. The summed E-state index contributed by atoms with van der Waals surface area (Å²) >= 11 is 0. The van der Waals surface area contributed by atoms with Crippen molar-refractivity contribution in [2.24, 2.45) is 5.92 Å². The lowest BCUT2D eigenvalue weighted by Gasteiger charge is -2.19. The number of carbonyl (C=O) groups is 2. The second-order valence-corrected chi connectivity index (χ2v) is 6.79. The van der Waals surface area contributed by atoms with Crippen molar-refractivity contribution in [1.82, 2.24) is 4.90 Å². The molecule has 1 N–H and O–H groups in total. The number of carboxylic acid groups (broad SMARTS) is 1. The molecule has 0 radical (unpaired) electrons. The van der Waals surface area contributed by atoms with Crippen LogP contribution in [0.15, 0.2) is 33.3 Å². The summed E-state index contributed by atoms with van der Waals surface area (Å²) in [7, 11) is 0. The highest BCUT2D eigenvalue weighted by atomic mass is 16.4. The molecular weight excluding hydrogens is 310 g/mol. The Balaban J connectivity index is 1.50. The van der Waals surface area contributed by atoms with Crippen LogP contribution in [0.2, 0.25) is 0 Å². The minimum atomic E-state index is -1.11. The van der Waals surface area contributed by atoms with E-state index in [1.165, 1.54) is 6.07 Å². The Morgan fingerprint density at radius 2 is 2.08 bits per heavy atom. The van der Waals surface area contributed by atoms with Gasteiger partial charge in [0.25, 0.3) is 5.91 Å². The maximum atomic E-state index is 12.7. The van der Waals surface area contributed by atoms with Gasteiger partial charge in [-0.1, -0.05) is 6.92 Å². The lowest BCUT2D eigenvalue weighted by atomic mass is 10.2. The molecule has 6 heteroatoms. The number of hydrogen-bond donors (Lipinski definition) is 1. The van der Waals surface area contributed by atoms with Crippen molar-refractivity contribution in [1.29, 1.82) is 0 Å². The van der Waals surface area contributed by atoms with Gasteiger partial charge in [-0.3, -0.25) is 4.79 Å². The molecule has 2 atom stereocenters. The SMILES string of the molecule is CC1CC1c1ccc(CN(C(=O)c2cc(C(=O)O)co2)C2CC2)o1. The summed E-state index contributed by atoms with van der Waals surface area (Å²) < 4.78 is 11.0. The smallest absolute Gasteiger partial charge is 0.338 e. The van der Waals surface area contributed by atoms with E-state index >= 15 is 0 Å². The molecule has 2 aliphatic carbocycles. The van der Waals surface area contributed by atoms with Crippen LogP contribution in [0, 0.1) is 5.92 Å². The van der Waals surface area contributed by atoms with Crippen LogP contribution < -0.4 is 0 Å². The van der Waals surface area contributed by atoms with Gasteiger partial charge in [0, 0.05) is 18.0 Å². The molecule has 2 aromatic heterocycles. The third kappa shape index (κ3) is 2.84. The van der Waals surface area contributed by atoms with Crippen LogP contribution in [0.4, 0.5) is 0 Å². The van der Waals surface area contributed by atoms with Gasteiger partial charge in [0.15, 0.2) is 5.76 Å². The molecule has 6 nitrogen and oxygen atoms in total. The highest BCUT2D eigenvalue weighted by Crippen LogP contribution is 2.47. The van der Waals surface area contributed by atoms with Crippen molar-refractivity contribution >= 4 is 11.9 Å². The predicted octanol–water partition coefficient (Wildman–Crippen LogP) is 3.50. The number of nitrogens with zero attached hydrogens (tertiary/aromatic N) is 1. The number of carbonyl (C=O) groups excluding carboxylic acids is 1. The Kier molecular flexibility index (Phi) is 3.48. The molecule has 0 spiro atoms. The zero-order valence-corrected chi connectivity index (χ0v) is 13.4. The molecule has 2 unspecified atom stereocenters. The first-order chi connectivity index (χ1) is 11.5. The Labute approximate surface area is 139 Å². The molecular formula is C18H19NO5. The Hall–Kier alpha value is -2.50. The molecule has 24 heavy (non-hydrogen) atoms. The largest absolute Gasteiger partial charge is 0.478 e. The van der Waals surface area contributed by atoms with E-state index in [-0.39, 0.29) is 23.3 Å². The van der Waals surface area contributed by atoms with Gasteiger partial charge >= 0.3 is 5.97 Å². The standard InChI is InChI=1S/C18H19NO5/c1-10-6-14(10)15-5-4-13(24-15)8-19(12-2-3-12)17(20)16-7-11(9-23-16)18(21)22/h4-5,7,9-10,12,14H,2-3,6,8H2,1H3,(H,21,22). The quantitative estimate of drug-likeness (QED) is 0.877. The maximum absolute atomic E-state index is 12.7. The maximum Gasteiger partial charge on any atom is 0.338 e. The van der Waals surface area contributed by atoms with Crippen molar-refractivity contribution < 1.29 is 23.5 Å². The first-order valence-electron chi connectivity index (χ1n) is 8.24. The molecule has 2 fully saturated rings. The molecule has 0 saturated heterocycles. The van der Waals surface area contributed by atoms with Crippen molar-refractivity contribution in [2.45, 2.75) is 44.7 Å². The summed E-state index contributed by atoms with van der Waals surface area (Å²) in [6.45, 7) is 2.58. The molecule has 0 aromatic carbocycles. The summed E-state index contributed by atoms with van der Waals surface area (Å²) in [6.07, 6.45) is 4.15. The van der Waals surface area contributed by atoms with Crippen LogP contribution in [0.5, 0.6) is 0 Å². The zero-order valence-electron chi connectivity index (χ0n) is 13.4. The molecule has 2 aromatic rings. The third-order valence-electron chi connectivity index (χ3n) is 4.79. The second-order valence-electron chi connectivity index (χ2n) is 6.79. The monoisotopic (exact) mass is 329 g/mol. The lowest BCUT2D eigenvalue weighted by Crippen LogP contribution is -2.32. The topological polar surface area (TPSA) is 83.9 Å². The summed E-state index contributed by atoms with van der Waals surface area (Å²) in [5.41, 5.74) is -0.0166. The van der Waals surface area contributed by atoms with Crippen molar-refractivity contribution in [2.75, 3.05) is 0 Å². The van der Waals surface area contributed by atoms with Gasteiger partial charge in [0.05, 0.1) is 12.1 Å². The molecule has 2 aliphatic rings. The van der Waals surface area contributed by atoms with E-state index in [4.69, 9.17) is 13.9 Å². The van der Waals surface area contributed by atoms with Crippen molar-refractivity contribution in [3.8, 4) is 0 Å². The van der Waals surface area contributed by atoms with Gasteiger partial charge in [-0.25, -0.2) is 4.79 Å². The minimum absolute atomic E-state index is 0.0166. The average molecular weight is 329 g/mol. The van der Waals surface area contributed by atoms with Crippen molar-refractivity contribution in [3.05, 3.63) is 47.3 Å². The average Bonchev–Trinajstić information content (AvgIpc) is 3.41. The van der Waals surface area contributed by atoms with Crippen LogP contribution in [0.25, 0.3) is 0 Å². The summed E-state index contributed by atoms with van der Waals surface area (Å²) in [5, 5.41) is 8.96. The summed E-state index contributed by atoms with van der Waals surface area (Å²) in [4.78, 5) is 25.3.